The van der Waals surface area contributed by atoms with Gasteiger partial charge in [0.15, 0.2) is 6.29 Å². The van der Waals surface area contributed by atoms with Gasteiger partial charge in [0, 0.05) is 17.3 Å². The van der Waals surface area contributed by atoms with E-state index in [0.29, 0.717) is 11.8 Å². The van der Waals surface area contributed by atoms with Gasteiger partial charge in [0.05, 0.1) is 0 Å². The normalized spacial score (nSPS) is 42.0. The molecule has 0 aromatic rings. The molecule has 3 N–H and O–H groups in total. The van der Waals surface area contributed by atoms with Crippen LogP contribution in [0.2, 0.25) is 0 Å². The molecule has 146 valence electrons. The van der Waals surface area contributed by atoms with Crippen LogP contribution < -0.4 is 0 Å². The largest absolute Gasteiger partial charge is 0.376 e. The average Bonchev–Trinajstić information content (AvgIpc) is 3.14. The van der Waals surface area contributed by atoms with E-state index in [0.717, 1.165) is 25.7 Å². The molecule has 3 fully saturated rings. The minimum Gasteiger partial charge on any atom is -0.376 e. The summed E-state index contributed by atoms with van der Waals surface area (Å²) in [5, 5.41) is 33.8. The van der Waals surface area contributed by atoms with Crippen LogP contribution in [0.4, 0.5) is 0 Å². The molecule has 1 aliphatic heterocycles. The van der Waals surface area contributed by atoms with Gasteiger partial charge in [-0.3, -0.25) is 4.84 Å². The zero-order valence-corrected chi connectivity index (χ0v) is 16.6. The van der Waals surface area contributed by atoms with Gasteiger partial charge in [0.25, 0.3) is 0 Å². The molecule has 3 rings (SSSR count). The Morgan fingerprint density at radius 1 is 1.00 bits per heavy atom. The predicted octanol–water partition coefficient (Wildman–Crippen LogP) is 2.95. The molecule has 1 heterocycles. The summed E-state index contributed by atoms with van der Waals surface area (Å²) in [5.74, 6) is 1.32. The summed E-state index contributed by atoms with van der Waals surface area (Å²) in [7, 11) is 0. The number of aliphatic hydroxyl groups is 3. The maximum atomic E-state index is 10.9. The van der Waals surface area contributed by atoms with Crippen molar-refractivity contribution >= 4 is 0 Å². The van der Waals surface area contributed by atoms with Crippen LogP contribution >= 0.6 is 0 Å². The molecule has 25 heavy (non-hydrogen) atoms. The van der Waals surface area contributed by atoms with Gasteiger partial charge < -0.3 is 15.3 Å². The molecule has 5 heteroatoms. The van der Waals surface area contributed by atoms with Crippen molar-refractivity contribution in [1.82, 2.24) is 5.06 Å². The highest BCUT2D eigenvalue weighted by Crippen LogP contribution is 2.59. The Labute approximate surface area is 152 Å². The fraction of sp³-hybridized carbons (Fsp3) is 1.00. The van der Waals surface area contributed by atoms with Crippen LogP contribution in [-0.2, 0) is 4.84 Å². The van der Waals surface area contributed by atoms with Gasteiger partial charge in [0.1, 0.15) is 12.5 Å². The lowest BCUT2D eigenvalue weighted by Gasteiger charge is -2.43. The van der Waals surface area contributed by atoms with Crippen LogP contribution in [0.1, 0.15) is 67.2 Å². The summed E-state index contributed by atoms with van der Waals surface area (Å²) < 4.78 is 0. The van der Waals surface area contributed by atoms with Gasteiger partial charge in [-0.1, -0.05) is 41.5 Å². The van der Waals surface area contributed by atoms with Crippen LogP contribution in [0.15, 0.2) is 0 Å². The van der Waals surface area contributed by atoms with Gasteiger partial charge in [-0.15, -0.1) is 5.06 Å². The first kappa shape index (κ1) is 19.6. The lowest BCUT2D eigenvalue weighted by molar-refractivity contribution is -0.371. The minimum absolute atomic E-state index is 0.0429. The number of nitrogens with zero attached hydrogens (tertiary/aromatic N) is 1. The van der Waals surface area contributed by atoms with Crippen molar-refractivity contribution in [2.45, 2.75) is 86.0 Å². The number of hydrogen-bond donors (Lipinski definition) is 3. The van der Waals surface area contributed by atoms with Gasteiger partial charge in [-0.25, -0.2) is 0 Å². The summed E-state index contributed by atoms with van der Waals surface area (Å²) in [6, 6.07) is 0. The van der Waals surface area contributed by atoms with E-state index in [1.807, 2.05) is 6.92 Å². The Balaban J connectivity index is 1.74. The van der Waals surface area contributed by atoms with E-state index in [1.54, 1.807) is 0 Å². The van der Waals surface area contributed by atoms with Crippen LogP contribution in [0.5, 0.6) is 0 Å². The number of hydroxylamine groups is 2. The van der Waals surface area contributed by atoms with E-state index >= 15 is 0 Å². The van der Waals surface area contributed by atoms with Gasteiger partial charge in [-0.2, -0.15) is 0 Å². The molecule has 0 radical (unpaired) electrons. The third-order valence-corrected chi connectivity index (χ3v) is 7.27. The molecular weight excluding hydrogens is 318 g/mol. The molecule has 3 aliphatic rings. The first-order valence-electron chi connectivity index (χ1n) is 9.95. The summed E-state index contributed by atoms with van der Waals surface area (Å²) in [6.07, 6.45) is 1.48. The Hall–Kier alpha value is -0.200. The third-order valence-electron chi connectivity index (χ3n) is 7.27. The van der Waals surface area contributed by atoms with E-state index in [2.05, 4.69) is 34.6 Å². The van der Waals surface area contributed by atoms with Gasteiger partial charge >= 0.3 is 0 Å². The number of aliphatic hydroxyl groups excluding tert-OH is 3. The molecule has 0 amide bonds. The van der Waals surface area contributed by atoms with Crippen LogP contribution in [-0.4, -0.2) is 39.1 Å². The molecule has 2 bridgehead atoms. The molecule has 0 aromatic carbocycles. The predicted molar refractivity (Wildman–Crippen MR) is 95.8 cm³/mol. The molecule has 5 nitrogen and oxygen atoms in total. The molecule has 5 unspecified atom stereocenters. The smallest absolute Gasteiger partial charge is 0.180 e. The first-order valence-corrected chi connectivity index (χ1v) is 9.95. The second-order valence-corrected chi connectivity index (χ2v) is 10.5. The molecule has 8 atom stereocenters. The highest BCUT2D eigenvalue weighted by molar-refractivity contribution is 5.04. The summed E-state index contributed by atoms with van der Waals surface area (Å²) in [5.41, 5.74) is -0.421. The third kappa shape index (κ3) is 3.27. The summed E-state index contributed by atoms with van der Waals surface area (Å²) >= 11 is 0. The van der Waals surface area contributed by atoms with E-state index in [-0.39, 0.29) is 23.2 Å². The lowest BCUT2D eigenvalue weighted by atomic mass is 9.68. The van der Waals surface area contributed by atoms with Gasteiger partial charge in [-0.05, 0) is 48.9 Å². The topological polar surface area (TPSA) is 73.2 Å². The highest BCUT2D eigenvalue weighted by Gasteiger charge is 2.61. The summed E-state index contributed by atoms with van der Waals surface area (Å²) in [6.45, 7) is 12.7. The lowest BCUT2D eigenvalue weighted by Crippen LogP contribution is -2.49. The van der Waals surface area contributed by atoms with E-state index in [4.69, 9.17) is 4.84 Å². The first-order chi connectivity index (χ1) is 11.5. The second kappa shape index (κ2) is 6.45. The maximum absolute atomic E-state index is 10.9. The zero-order valence-electron chi connectivity index (χ0n) is 16.6. The second-order valence-electron chi connectivity index (χ2n) is 10.5. The SMILES string of the molecule is CC(C)C(C)(CC(C)(C)C)[C@H](O)ON1[C@H](O)C2C3CCC(C3)C2[C@@H]1O. The Bertz CT molecular complexity index is 469. The van der Waals surface area contributed by atoms with Crippen LogP contribution in [0.3, 0.4) is 0 Å². The van der Waals surface area contributed by atoms with Crippen molar-refractivity contribution < 1.29 is 20.2 Å². The highest BCUT2D eigenvalue weighted by atomic mass is 16.8. The van der Waals surface area contributed by atoms with Crippen LogP contribution in [0.25, 0.3) is 0 Å². The molecule has 0 aromatic heterocycles. The summed E-state index contributed by atoms with van der Waals surface area (Å²) in [4.78, 5) is 5.86. The average molecular weight is 356 g/mol. The van der Waals surface area contributed by atoms with Crippen molar-refractivity contribution in [2.75, 3.05) is 0 Å². The van der Waals surface area contributed by atoms with E-state index in [9.17, 15) is 15.3 Å². The molecule has 1 saturated heterocycles. The maximum Gasteiger partial charge on any atom is 0.180 e. The molecular formula is C20H37NO4. The Morgan fingerprint density at radius 2 is 1.48 bits per heavy atom. The monoisotopic (exact) mass is 355 g/mol. The Kier molecular flexibility index (Phi) is 5.05. The zero-order chi connectivity index (χ0) is 18.7. The molecule has 0 spiro atoms. The number of rotatable bonds is 5. The fourth-order valence-corrected chi connectivity index (χ4v) is 5.84. The number of hydrogen-bond acceptors (Lipinski definition) is 5. The van der Waals surface area contributed by atoms with Crippen LogP contribution in [0, 0.1) is 40.4 Å². The van der Waals surface area contributed by atoms with E-state index < -0.39 is 24.2 Å². The quantitative estimate of drug-likeness (QED) is 0.661. The van der Waals surface area contributed by atoms with Crippen molar-refractivity contribution in [2.24, 2.45) is 40.4 Å². The van der Waals surface area contributed by atoms with Crippen molar-refractivity contribution in [1.29, 1.82) is 0 Å². The van der Waals surface area contributed by atoms with Gasteiger partial charge in [0.2, 0.25) is 0 Å². The Morgan fingerprint density at radius 3 is 1.88 bits per heavy atom. The molecule has 2 aliphatic carbocycles. The van der Waals surface area contributed by atoms with E-state index in [1.165, 1.54) is 5.06 Å². The fourth-order valence-electron chi connectivity index (χ4n) is 5.84. The van der Waals surface area contributed by atoms with Crippen molar-refractivity contribution in [3.63, 3.8) is 0 Å². The molecule has 2 saturated carbocycles. The van der Waals surface area contributed by atoms with Crippen molar-refractivity contribution in [3.8, 4) is 0 Å². The van der Waals surface area contributed by atoms with Crippen molar-refractivity contribution in [3.05, 3.63) is 0 Å². The standard InChI is InChI=1S/C20H37NO4/c1-11(2)20(6,10-19(3,4)5)18(24)25-21-16(22)14-12-7-8-13(9-12)15(14)17(21)23/h11-18,22-24H,7-10H2,1-6H3/t12?,13?,14?,15?,16-,17+,18-,20?/m1/s1. The minimum atomic E-state index is -1.06. The number of fused-ring (bicyclic) bond motifs is 5.